The van der Waals surface area contributed by atoms with E-state index in [1.165, 1.54) is 16.0 Å². The molecular weight excluding hydrogens is 252 g/mol. The zero-order valence-corrected chi connectivity index (χ0v) is 12.3. The summed E-state index contributed by atoms with van der Waals surface area (Å²) >= 11 is 1.71. The van der Waals surface area contributed by atoms with Gasteiger partial charge in [-0.25, -0.2) is 4.98 Å². The van der Waals surface area contributed by atoms with Crippen molar-refractivity contribution in [3.8, 4) is 0 Å². The van der Waals surface area contributed by atoms with E-state index < -0.39 is 0 Å². The molecule has 0 saturated carbocycles. The molecular formula is C16H20N2S. The van der Waals surface area contributed by atoms with Gasteiger partial charge in [-0.2, -0.15) is 0 Å². The smallest absolute Gasteiger partial charge is 0.104 e. The average molecular weight is 272 g/mol. The molecule has 1 aromatic carbocycles. The highest BCUT2D eigenvalue weighted by Crippen LogP contribution is 2.29. The van der Waals surface area contributed by atoms with E-state index in [0.717, 1.165) is 17.9 Å². The van der Waals surface area contributed by atoms with E-state index in [0.29, 0.717) is 0 Å². The van der Waals surface area contributed by atoms with Crippen LogP contribution in [0.3, 0.4) is 0 Å². The van der Waals surface area contributed by atoms with Crippen LogP contribution in [0, 0.1) is 6.92 Å². The van der Waals surface area contributed by atoms with Gasteiger partial charge in [0.25, 0.3) is 0 Å². The number of benzene rings is 1. The standard InChI is InChI=1S/C16H20N2S/c1-3-14(17)11-13-5-4-10-18-16(13)19-15-8-6-12(2)7-9-15/h4-10,14H,3,11,17H2,1-2H3. The summed E-state index contributed by atoms with van der Waals surface area (Å²) in [6.07, 6.45) is 3.72. The number of aryl methyl sites for hydroxylation is 1. The molecule has 0 amide bonds. The van der Waals surface area contributed by atoms with E-state index in [9.17, 15) is 0 Å². The van der Waals surface area contributed by atoms with Crippen LogP contribution in [0.15, 0.2) is 52.5 Å². The third-order valence-electron chi connectivity index (χ3n) is 3.09. The molecule has 2 rings (SSSR count). The minimum absolute atomic E-state index is 0.210. The molecule has 3 heteroatoms. The lowest BCUT2D eigenvalue weighted by Crippen LogP contribution is -2.21. The summed E-state index contributed by atoms with van der Waals surface area (Å²) in [4.78, 5) is 5.71. The van der Waals surface area contributed by atoms with E-state index in [-0.39, 0.29) is 6.04 Å². The van der Waals surface area contributed by atoms with Crippen molar-refractivity contribution in [2.75, 3.05) is 0 Å². The van der Waals surface area contributed by atoms with Crippen LogP contribution in [0.2, 0.25) is 0 Å². The van der Waals surface area contributed by atoms with Gasteiger partial charge in [-0.05, 0) is 43.5 Å². The Morgan fingerprint density at radius 2 is 1.95 bits per heavy atom. The van der Waals surface area contributed by atoms with Gasteiger partial charge in [0.1, 0.15) is 5.03 Å². The summed E-state index contributed by atoms with van der Waals surface area (Å²) in [5.74, 6) is 0. The van der Waals surface area contributed by atoms with Crippen molar-refractivity contribution in [3.63, 3.8) is 0 Å². The molecule has 0 saturated heterocycles. The monoisotopic (exact) mass is 272 g/mol. The van der Waals surface area contributed by atoms with Crippen molar-refractivity contribution < 1.29 is 0 Å². The lowest BCUT2D eigenvalue weighted by atomic mass is 10.1. The molecule has 0 fully saturated rings. The zero-order chi connectivity index (χ0) is 13.7. The average Bonchev–Trinajstić information content (AvgIpc) is 2.43. The third kappa shape index (κ3) is 4.08. The minimum atomic E-state index is 0.210. The Morgan fingerprint density at radius 1 is 1.21 bits per heavy atom. The first kappa shape index (κ1) is 14.1. The molecule has 19 heavy (non-hydrogen) atoms. The Balaban J connectivity index is 2.17. The summed E-state index contributed by atoms with van der Waals surface area (Å²) in [6, 6.07) is 12.8. The van der Waals surface area contributed by atoms with Gasteiger partial charge in [-0.1, -0.05) is 42.4 Å². The van der Waals surface area contributed by atoms with Crippen molar-refractivity contribution in [2.45, 2.75) is 42.7 Å². The maximum atomic E-state index is 6.05. The normalized spacial score (nSPS) is 12.4. The van der Waals surface area contributed by atoms with E-state index in [1.807, 2.05) is 12.3 Å². The van der Waals surface area contributed by atoms with E-state index in [2.05, 4.69) is 49.2 Å². The Hall–Kier alpha value is -1.32. The van der Waals surface area contributed by atoms with Gasteiger partial charge in [0.2, 0.25) is 0 Å². The Bertz CT molecular complexity index is 523. The van der Waals surface area contributed by atoms with E-state index in [4.69, 9.17) is 5.73 Å². The number of hydrogen-bond donors (Lipinski definition) is 1. The second-order valence-corrected chi connectivity index (χ2v) is 5.82. The number of hydrogen-bond acceptors (Lipinski definition) is 3. The molecule has 2 nitrogen and oxygen atoms in total. The van der Waals surface area contributed by atoms with Crippen LogP contribution >= 0.6 is 11.8 Å². The Kier molecular flexibility index (Phi) is 5.00. The lowest BCUT2D eigenvalue weighted by molar-refractivity contribution is 0.637. The number of nitrogens with zero attached hydrogens (tertiary/aromatic N) is 1. The first-order valence-electron chi connectivity index (χ1n) is 6.63. The molecule has 1 aromatic heterocycles. The fraction of sp³-hybridized carbons (Fsp3) is 0.312. The first-order valence-corrected chi connectivity index (χ1v) is 7.44. The minimum Gasteiger partial charge on any atom is -0.327 e. The van der Waals surface area contributed by atoms with Gasteiger partial charge >= 0.3 is 0 Å². The highest BCUT2D eigenvalue weighted by Gasteiger charge is 2.08. The van der Waals surface area contributed by atoms with Crippen molar-refractivity contribution in [1.29, 1.82) is 0 Å². The fourth-order valence-electron chi connectivity index (χ4n) is 1.82. The molecule has 1 unspecified atom stereocenters. The molecule has 0 bridgehead atoms. The molecule has 0 spiro atoms. The van der Waals surface area contributed by atoms with Crippen LogP contribution in [0.4, 0.5) is 0 Å². The summed E-state index contributed by atoms with van der Waals surface area (Å²) in [7, 11) is 0. The van der Waals surface area contributed by atoms with E-state index in [1.54, 1.807) is 11.8 Å². The van der Waals surface area contributed by atoms with Crippen LogP contribution < -0.4 is 5.73 Å². The SMILES string of the molecule is CCC(N)Cc1cccnc1Sc1ccc(C)cc1. The summed E-state index contributed by atoms with van der Waals surface area (Å²) in [5.41, 5.74) is 8.56. The number of nitrogens with two attached hydrogens (primary N) is 1. The van der Waals surface area contributed by atoms with Crippen molar-refractivity contribution in [2.24, 2.45) is 5.73 Å². The fourth-order valence-corrected chi connectivity index (χ4v) is 2.71. The van der Waals surface area contributed by atoms with Crippen molar-refractivity contribution >= 4 is 11.8 Å². The molecule has 100 valence electrons. The number of aromatic nitrogens is 1. The molecule has 0 radical (unpaired) electrons. The quantitative estimate of drug-likeness (QED) is 0.899. The van der Waals surface area contributed by atoms with Gasteiger partial charge in [0.15, 0.2) is 0 Å². The van der Waals surface area contributed by atoms with Gasteiger partial charge in [-0.15, -0.1) is 0 Å². The second-order valence-electron chi connectivity index (χ2n) is 4.76. The molecule has 0 aliphatic carbocycles. The summed E-state index contributed by atoms with van der Waals surface area (Å²) < 4.78 is 0. The highest BCUT2D eigenvalue weighted by molar-refractivity contribution is 7.99. The third-order valence-corrected chi connectivity index (χ3v) is 4.16. The topological polar surface area (TPSA) is 38.9 Å². The van der Waals surface area contributed by atoms with Gasteiger partial charge < -0.3 is 5.73 Å². The lowest BCUT2D eigenvalue weighted by Gasteiger charge is -2.12. The Morgan fingerprint density at radius 3 is 2.63 bits per heavy atom. The van der Waals surface area contributed by atoms with Crippen LogP contribution in [0.5, 0.6) is 0 Å². The van der Waals surface area contributed by atoms with Crippen LogP contribution in [-0.4, -0.2) is 11.0 Å². The highest BCUT2D eigenvalue weighted by atomic mass is 32.2. The van der Waals surface area contributed by atoms with Crippen LogP contribution in [0.25, 0.3) is 0 Å². The van der Waals surface area contributed by atoms with Gasteiger partial charge in [0, 0.05) is 17.1 Å². The maximum absolute atomic E-state index is 6.05. The zero-order valence-electron chi connectivity index (χ0n) is 11.5. The van der Waals surface area contributed by atoms with Crippen molar-refractivity contribution in [3.05, 3.63) is 53.7 Å². The number of rotatable bonds is 5. The van der Waals surface area contributed by atoms with Crippen LogP contribution in [0.1, 0.15) is 24.5 Å². The maximum Gasteiger partial charge on any atom is 0.104 e. The van der Waals surface area contributed by atoms with E-state index >= 15 is 0 Å². The summed E-state index contributed by atoms with van der Waals surface area (Å²) in [5, 5.41) is 1.07. The van der Waals surface area contributed by atoms with Gasteiger partial charge in [0.05, 0.1) is 0 Å². The Labute approximate surface area is 119 Å². The molecule has 0 aliphatic heterocycles. The van der Waals surface area contributed by atoms with Crippen molar-refractivity contribution in [1.82, 2.24) is 4.98 Å². The molecule has 1 atom stereocenters. The first-order chi connectivity index (χ1) is 9.19. The summed E-state index contributed by atoms with van der Waals surface area (Å²) in [6.45, 7) is 4.22. The molecule has 2 aromatic rings. The molecule has 1 heterocycles. The predicted octanol–water partition coefficient (Wildman–Crippen LogP) is 3.82. The largest absolute Gasteiger partial charge is 0.327 e. The number of pyridine rings is 1. The molecule has 2 N–H and O–H groups in total. The second kappa shape index (κ2) is 6.73. The van der Waals surface area contributed by atoms with Crippen LogP contribution in [-0.2, 0) is 6.42 Å². The molecule has 0 aliphatic rings. The van der Waals surface area contributed by atoms with Gasteiger partial charge in [-0.3, -0.25) is 0 Å². The predicted molar refractivity (Wildman–Crippen MR) is 81.5 cm³/mol.